The molecule has 132 valence electrons. The highest BCUT2D eigenvalue weighted by Crippen LogP contribution is 2.27. The van der Waals surface area contributed by atoms with Crippen LogP contribution >= 0.6 is 11.6 Å². The van der Waals surface area contributed by atoms with Crippen molar-refractivity contribution in [3.8, 4) is 11.3 Å². The van der Waals surface area contributed by atoms with Crippen LogP contribution in [-0.4, -0.2) is 15.2 Å². The van der Waals surface area contributed by atoms with Crippen molar-refractivity contribution in [2.24, 2.45) is 0 Å². The maximum absolute atomic E-state index is 12.5. The Kier molecular flexibility index (Phi) is 4.61. The zero-order valence-electron chi connectivity index (χ0n) is 14.8. The van der Waals surface area contributed by atoms with Crippen LogP contribution in [0.25, 0.3) is 23.0 Å². The number of carbonyl (C=O) groups excluding carboxylic acids is 1. The van der Waals surface area contributed by atoms with E-state index in [1.54, 1.807) is 6.08 Å². The number of hydrogen-bond acceptors (Lipinski definition) is 2. The minimum atomic E-state index is -0.0389. The summed E-state index contributed by atoms with van der Waals surface area (Å²) >= 11 is 6.01. The lowest BCUT2D eigenvalue weighted by Crippen LogP contribution is -1.95. The predicted octanol–water partition coefficient (Wildman–Crippen LogP) is 5.86. The molecule has 2 heterocycles. The van der Waals surface area contributed by atoms with Gasteiger partial charge < -0.3 is 0 Å². The van der Waals surface area contributed by atoms with E-state index in [0.29, 0.717) is 10.6 Å². The van der Waals surface area contributed by atoms with E-state index in [1.165, 1.54) is 0 Å². The van der Waals surface area contributed by atoms with Gasteiger partial charge in [-0.2, -0.15) is 0 Å². The summed E-state index contributed by atoms with van der Waals surface area (Å²) in [6.45, 7) is 2.00. The maximum Gasteiger partial charge on any atom is 0.185 e. The molecule has 4 aromatic rings. The summed E-state index contributed by atoms with van der Waals surface area (Å²) in [5.74, 6) is -0.0389. The quantitative estimate of drug-likeness (QED) is 0.332. The van der Waals surface area contributed by atoms with Crippen molar-refractivity contribution in [2.45, 2.75) is 6.92 Å². The molecule has 0 fully saturated rings. The second kappa shape index (κ2) is 7.22. The first-order valence-electron chi connectivity index (χ1n) is 8.64. The van der Waals surface area contributed by atoms with Gasteiger partial charge in [0.1, 0.15) is 5.65 Å². The first-order chi connectivity index (χ1) is 13.1. The number of allylic oxidation sites excluding steroid dienone is 1. The molecule has 0 atom stereocenters. The highest BCUT2D eigenvalue weighted by atomic mass is 35.5. The zero-order valence-corrected chi connectivity index (χ0v) is 15.5. The van der Waals surface area contributed by atoms with Crippen molar-refractivity contribution >= 4 is 29.1 Å². The average molecular weight is 373 g/mol. The van der Waals surface area contributed by atoms with Gasteiger partial charge in [0.2, 0.25) is 0 Å². The van der Waals surface area contributed by atoms with Crippen LogP contribution in [0.2, 0.25) is 5.02 Å². The lowest BCUT2D eigenvalue weighted by Gasteiger charge is -2.02. The van der Waals surface area contributed by atoms with E-state index in [-0.39, 0.29) is 5.78 Å². The first-order valence-corrected chi connectivity index (χ1v) is 9.02. The minimum Gasteiger partial charge on any atom is -0.300 e. The molecular weight excluding hydrogens is 356 g/mol. The molecule has 0 aliphatic rings. The number of aryl methyl sites for hydroxylation is 1. The Morgan fingerprint density at radius 1 is 1.00 bits per heavy atom. The topological polar surface area (TPSA) is 34.4 Å². The van der Waals surface area contributed by atoms with Crippen LogP contribution in [-0.2, 0) is 0 Å². The molecule has 4 heteroatoms. The van der Waals surface area contributed by atoms with Crippen molar-refractivity contribution < 1.29 is 4.79 Å². The molecule has 3 nitrogen and oxygen atoms in total. The van der Waals surface area contributed by atoms with Gasteiger partial charge in [0.25, 0.3) is 0 Å². The number of carbonyl (C=O) groups is 1. The summed E-state index contributed by atoms with van der Waals surface area (Å²) < 4.78 is 1.98. The van der Waals surface area contributed by atoms with E-state index in [0.717, 1.165) is 28.2 Å². The Labute approximate surface area is 162 Å². The number of benzene rings is 2. The van der Waals surface area contributed by atoms with Gasteiger partial charge in [-0.15, -0.1) is 0 Å². The average Bonchev–Trinajstić information content (AvgIpc) is 3.06. The number of nitrogens with zero attached hydrogens (tertiary/aromatic N) is 2. The van der Waals surface area contributed by atoms with Crippen molar-refractivity contribution in [1.29, 1.82) is 0 Å². The normalized spacial score (nSPS) is 11.3. The third-order valence-electron chi connectivity index (χ3n) is 4.41. The van der Waals surface area contributed by atoms with Crippen LogP contribution in [0.1, 0.15) is 21.6 Å². The second-order valence-electron chi connectivity index (χ2n) is 6.34. The summed E-state index contributed by atoms with van der Waals surface area (Å²) in [4.78, 5) is 17.3. The monoisotopic (exact) mass is 372 g/mol. The van der Waals surface area contributed by atoms with Gasteiger partial charge in [-0.1, -0.05) is 59.6 Å². The van der Waals surface area contributed by atoms with Gasteiger partial charge in [0, 0.05) is 22.3 Å². The van der Waals surface area contributed by atoms with Crippen molar-refractivity contribution in [3.63, 3.8) is 0 Å². The Morgan fingerprint density at radius 3 is 2.48 bits per heavy atom. The Morgan fingerprint density at radius 2 is 1.74 bits per heavy atom. The highest BCUT2D eigenvalue weighted by Gasteiger charge is 2.12. The largest absolute Gasteiger partial charge is 0.300 e. The number of hydrogen-bond donors (Lipinski definition) is 0. The Balaban J connectivity index is 1.77. The number of rotatable bonds is 4. The van der Waals surface area contributed by atoms with Gasteiger partial charge in [-0.3, -0.25) is 9.20 Å². The maximum atomic E-state index is 12.5. The number of halogens is 1. The van der Waals surface area contributed by atoms with Crippen LogP contribution in [0.15, 0.2) is 79.0 Å². The van der Waals surface area contributed by atoms with Crippen molar-refractivity contribution in [2.75, 3.05) is 0 Å². The molecule has 4 rings (SSSR count). The number of ketones is 1. The van der Waals surface area contributed by atoms with Crippen LogP contribution in [0, 0.1) is 6.92 Å². The lowest BCUT2D eigenvalue weighted by molar-refractivity contribution is 0.104. The van der Waals surface area contributed by atoms with Crippen LogP contribution in [0.4, 0.5) is 0 Å². The van der Waals surface area contributed by atoms with Gasteiger partial charge in [-0.05, 0) is 43.3 Å². The smallest absolute Gasteiger partial charge is 0.185 e. The molecule has 27 heavy (non-hydrogen) atoms. The summed E-state index contributed by atoms with van der Waals surface area (Å²) in [6.07, 6.45) is 5.37. The number of aromatic nitrogens is 2. The van der Waals surface area contributed by atoms with E-state index < -0.39 is 0 Å². The van der Waals surface area contributed by atoms with Crippen LogP contribution in [0.3, 0.4) is 0 Å². The van der Waals surface area contributed by atoms with Gasteiger partial charge in [0.15, 0.2) is 5.78 Å². The van der Waals surface area contributed by atoms with Crippen molar-refractivity contribution in [3.05, 3.63) is 101 Å². The van der Waals surface area contributed by atoms with E-state index in [1.807, 2.05) is 90.3 Å². The molecule has 0 N–H and O–H groups in total. The second-order valence-corrected chi connectivity index (χ2v) is 6.78. The minimum absolute atomic E-state index is 0.0389. The molecule has 0 aliphatic carbocycles. The van der Waals surface area contributed by atoms with Crippen LogP contribution in [0.5, 0.6) is 0 Å². The molecule has 0 unspecified atom stereocenters. The van der Waals surface area contributed by atoms with Gasteiger partial charge >= 0.3 is 0 Å². The number of imidazole rings is 1. The summed E-state index contributed by atoms with van der Waals surface area (Å²) in [5, 5.41) is 0.675. The molecule has 0 spiro atoms. The number of pyridine rings is 1. The van der Waals surface area contributed by atoms with Crippen molar-refractivity contribution in [1.82, 2.24) is 9.38 Å². The first kappa shape index (κ1) is 17.3. The SMILES string of the molecule is Cc1ccc(C(=O)/C=C/c2c(-c3ccc(Cl)cc3)nc3ccccn23)cc1. The third kappa shape index (κ3) is 3.55. The fourth-order valence-electron chi connectivity index (χ4n) is 2.96. The molecule has 2 aromatic heterocycles. The van der Waals surface area contributed by atoms with E-state index in [2.05, 4.69) is 0 Å². The molecular formula is C23H17ClN2O. The molecule has 0 aliphatic heterocycles. The zero-order chi connectivity index (χ0) is 18.8. The number of fused-ring (bicyclic) bond motifs is 1. The van der Waals surface area contributed by atoms with Crippen LogP contribution < -0.4 is 0 Å². The summed E-state index contributed by atoms with van der Waals surface area (Å²) in [7, 11) is 0. The van der Waals surface area contributed by atoms with Gasteiger partial charge in [0.05, 0.1) is 11.4 Å². The lowest BCUT2D eigenvalue weighted by atomic mass is 10.1. The van der Waals surface area contributed by atoms with E-state index >= 15 is 0 Å². The van der Waals surface area contributed by atoms with E-state index in [9.17, 15) is 4.79 Å². The van der Waals surface area contributed by atoms with E-state index in [4.69, 9.17) is 16.6 Å². The Bertz CT molecular complexity index is 1140. The highest BCUT2D eigenvalue weighted by molar-refractivity contribution is 6.30. The summed E-state index contributed by atoms with van der Waals surface area (Å²) in [5.41, 5.74) is 5.23. The molecule has 2 aromatic carbocycles. The fraction of sp³-hybridized carbons (Fsp3) is 0.0435. The molecule has 0 radical (unpaired) electrons. The standard InChI is InChI=1S/C23H17ClN2O/c1-16-5-7-17(8-6-16)21(27)14-13-20-23(18-9-11-19(24)12-10-18)25-22-4-2-3-15-26(20)22/h2-15H,1H3/b14-13+. The van der Waals surface area contributed by atoms with Gasteiger partial charge in [-0.25, -0.2) is 4.98 Å². The summed E-state index contributed by atoms with van der Waals surface area (Å²) in [6, 6.07) is 20.9. The molecule has 0 amide bonds. The molecule has 0 saturated carbocycles. The Hall–Kier alpha value is -3.17. The third-order valence-corrected chi connectivity index (χ3v) is 4.67. The molecule has 0 saturated heterocycles. The fourth-order valence-corrected chi connectivity index (χ4v) is 3.09. The predicted molar refractivity (Wildman–Crippen MR) is 110 cm³/mol. The molecule has 0 bridgehead atoms.